The molecule has 0 aliphatic carbocycles. The standard InChI is InChI=1S/C17H23N3O2S/c1-13-5-3-4-6-14(13)17-20(16(22)12-23-17)11-15(21)19-9-7-18(2)8-10-19/h3-6,17H,7-12H2,1-2H3. The van der Waals surface area contributed by atoms with E-state index in [4.69, 9.17) is 0 Å². The molecule has 6 heteroatoms. The zero-order valence-electron chi connectivity index (χ0n) is 13.7. The van der Waals surface area contributed by atoms with Crippen molar-refractivity contribution in [2.24, 2.45) is 0 Å². The number of amides is 2. The molecule has 0 bridgehead atoms. The molecule has 0 saturated carbocycles. The quantitative estimate of drug-likeness (QED) is 0.837. The van der Waals surface area contributed by atoms with Crippen LogP contribution in [-0.2, 0) is 9.59 Å². The van der Waals surface area contributed by atoms with Crippen LogP contribution in [-0.4, -0.2) is 72.0 Å². The van der Waals surface area contributed by atoms with Crippen molar-refractivity contribution in [2.75, 3.05) is 45.5 Å². The van der Waals surface area contributed by atoms with Gasteiger partial charge in [0.1, 0.15) is 11.9 Å². The van der Waals surface area contributed by atoms with Crippen molar-refractivity contribution < 1.29 is 9.59 Å². The van der Waals surface area contributed by atoms with Crippen molar-refractivity contribution in [3.05, 3.63) is 35.4 Å². The first-order chi connectivity index (χ1) is 11.1. The van der Waals surface area contributed by atoms with Gasteiger partial charge >= 0.3 is 0 Å². The molecule has 0 N–H and O–H groups in total. The highest BCUT2D eigenvalue weighted by molar-refractivity contribution is 8.00. The molecule has 2 aliphatic heterocycles. The molecule has 2 saturated heterocycles. The fourth-order valence-corrected chi connectivity index (χ4v) is 4.33. The molecule has 1 unspecified atom stereocenters. The van der Waals surface area contributed by atoms with Crippen LogP contribution in [0.3, 0.4) is 0 Å². The van der Waals surface area contributed by atoms with Crippen molar-refractivity contribution >= 4 is 23.6 Å². The van der Waals surface area contributed by atoms with E-state index in [9.17, 15) is 9.59 Å². The van der Waals surface area contributed by atoms with Crippen LogP contribution in [0, 0.1) is 6.92 Å². The average Bonchev–Trinajstić information content (AvgIpc) is 2.89. The van der Waals surface area contributed by atoms with Gasteiger partial charge in [-0.1, -0.05) is 24.3 Å². The number of rotatable bonds is 3. The summed E-state index contributed by atoms with van der Waals surface area (Å²) in [4.78, 5) is 30.7. The number of hydrogen-bond donors (Lipinski definition) is 0. The largest absolute Gasteiger partial charge is 0.339 e. The second kappa shape index (κ2) is 6.93. The molecule has 1 aromatic rings. The van der Waals surface area contributed by atoms with Gasteiger partial charge in [-0.2, -0.15) is 0 Å². The zero-order valence-corrected chi connectivity index (χ0v) is 14.5. The Kier molecular flexibility index (Phi) is 4.92. The monoisotopic (exact) mass is 333 g/mol. The van der Waals surface area contributed by atoms with E-state index in [-0.39, 0.29) is 23.7 Å². The summed E-state index contributed by atoms with van der Waals surface area (Å²) in [5, 5.41) is -0.0416. The van der Waals surface area contributed by atoms with Gasteiger partial charge < -0.3 is 14.7 Å². The number of aryl methyl sites for hydroxylation is 1. The third kappa shape index (κ3) is 3.53. The second-order valence-corrected chi connectivity index (χ2v) is 7.29. The molecule has 2 fully saturated rings. The molecule has 2 heterocycles. The summed E-state index contributed by atoms with van der Waals surface area (Å²) in [5.74, 6) is 0.577. The molecule has 0 radical (unpaired) electrons. The summed E-state index contributed by atoms with van der Waals surface area (Å²) >= 11 is 1.61. The van der Waals surface area contributed by atoms with Crippen molar-refractivity contribution in [3.8, 4) is 0 Å². The first kappa shape index (κ1) is 16.3. The van der Waals surface area contributed by atoms with E-state index in [1.54, 1.807) is 16.7 Å². The Bertz CT molecular complexity index is 599. The van der Waals surface area contributed by atoms with Gasteiger partial charge in [0.15, 0.2) is 0 Å². The van der Waals surface area contributed by atoms with Crippen LogP contribution in [0.4, 0.5) is 0 Å². The fraction of sp³-hybridized carbons (Fsp3) is 0.529. The number of carbonyl (C=O) groups excluding carboxylic acids is 2. The SMILES string of the molecule is Cc1ccccc1C1SCC(=O)N1CC(=O)N1CCN(C)CC1. The summed E-state index contributed by atoms with van der Waals surface area (Å²) in [6.45, 7) is 5.54. The number of hydrogen-bond acceptors (Lipinski definition) is 4. The minimum absolute atomic E-state index is 0.0416. The maximum Gasteiger partial charge on any atom is 0.242 e. The first-order valence-corrected chi connectivity index (χ1v) is 9.04. The molecule has 3 rings (SSSR count). The molecule has 124 valence electrons. The van der Waals surface area contributed by atoms with E-state index < -0.39 is 0 Å². The van der Waals surface area contributed by atoms with Crippen molar-refractivity contribution in [1.82, 2.24) is 14.7 Å². The molecular formula is C17H23N3O2S. The number of thioether (sulfide) groups is 1. The predicted molar refractivity (Wildman–Crippen MR) is 92.2 cm³/mol. The highest BCUT2D eigenvalue weighted by atomic mass is 32.2. The number of nitrogens with zero attached hydrogens (tertiary/aromatic N) is 3. The first-order valence-electron chi connectivity index (χ1n) is 7.99. The van der Waals surface area contributed by atoms with Crippen molar-refractivity contribution in [2.45, 2.75) is 12.3 Å². The lowest BCUT2D eigenvalue weighted by Crippen LogP contribution is -2.50. The molecule has 23 heavy (non-hydrogen) atoms. The third-order valence-electron chi connectivity index (χ3n) is 4.58. The summed E-state index contributed by atoms with van der Waals surface area (Å²) in [6, 6.07) is 8.10. The molecule has 1 aromatic carbocycles. The van der Waals surface area contributed by atoms with Gasteiger partial charge in [-0.3, -0.25) is 9.59 Å². The number of carbonyl (C=O) groups is 2. The third-order valence-corrected chi connectivity index (χ3v) is 5.82. The molecule has 0 spiro atoms. The van der Waals surface area contributed by atoms with Gasteiger partial charge in [0, 0.05) is 26.2 Å². The van der Waals surface area contributed by atoms with E-state index in [0.29, 0.717) is 5.75 Å². The van der Waals surface area contributed by atoms with Gasteiger partial charge in [-0.15, -0.1) is 11.8 Å². The number of benzene rings is 1. The second-order valence-electron chi connectivity index (χ2n) is 6.23. The lowest BCUT2D eigenvalue weighted by Gasteiger charge is -2.34. The Labute approximate surface area is 141 Å². The van der Waals surface area contributed by atoms with E-state index in [0.717, 1.165) is 37.3 Å². The molecule has 5 nitrogen and oxygen atoms in total. The highest BCUT2D eigenvalue weighted by Gasteiger charge is 2.35. The fourth-order valence-electron chi connectivity index (χ4n) is 3.05. The number of likely N-dealkylation sites (N-methyl/N-ethyl adjacent to an activating group) is 1. The minimum atomic E-state index is -0.0416. The van der Waals surface area contributed by atoms with Gasteiger partial charge in [0.2, 0.25) is 11.8 Å². The zero-order chi connectivity index (χ0) is 16.4. The molecular weight excluding hydrogens is 310 g/mol. The van der Waals surface area contributed by atoms with Gasteiger partial charge in [0.25, 0.3) is 0 Å². The van der Waals surface area contributed by atoms with Crippen LogP contribution in [0.25, 0.3) is 0 Å². The van der Waals surface area contributed by atoms with Crippen molar-refractivity contribution in [3.63, 3.8) is 0 Å². The van der Waals surface area contributed by atoms with Crippen LogP contribution >= 0.6 is 11.8 Å². The Morgan fingerprint density at radius 3 is 2.61 bits per heavy atom. The lowest BCUT2D eigenvalue weighted by molar-refractivity contribution is -0.140. The molecule has 2 amide bonds. The van der Waals surface area contributed by atoms with Crippen molar-refractivity contribution in [1.29, 1.82) is 0 Å². The van der Waals surface area contributed by atoms with Crippen LogP contribution in [0.1, 0.15) is 16.5 Å². The summed E-state index contributed by atoms with van der Waals surface area (Å²) in [5.41, 5.74) is 2.30. The van der Waals surface area contributed by atoms with Crippen LogP contribution in [0.2, 0.25) is 0 Å². The highest BCUT2D eigenvalue weighted by Crippen LogP contribution is 2.39. The van der Waals surface area contributed by atoms with Crippen LogP contribution < -0.4 is 0 Å². The van der Waals surface area contributed by atoms with E-state index in [1.165, 1.54) is 0 Å². The Balaban J connectivity index is 1.71. The Morgan fingerprint density at radius 1 is 1.22 bits per heavy atom. The average molecular weight is 333 g/mol. The molecule has 2 aliphatic rings. The topological polar surface area (TPSA) is 43.9 Å². The predicted octanol–water partition coefficient (Wildman–Crippen LogP) is 1.34. The Hall–Kier alpha value is -1.53. The summed E-state index contributed by atoms with van der Waals surface area (Å²) in [6.07, 6.45) is 0. The smallest absolute Gasteiger partial charge is 0.242 e. The van der Waals surface area contributed by atoms with Crippen LogP contribution in [0.15, 0.2) is 24.3 Å². The molecule has 0 aromatic heterocycles. The van der Waals surface area contributed by atoms with Gasteiger partial charge in [-0.05, 0) is 25.1 Å². The van der Waals surface area contributed by atoms with E-state index in [2.05, 4.69) is 31.0 Å². The maximum absolute atomic E-state index is 12.6. The lowest BCUT2D eigenvalue weighted by atomic mass is 10.1. The van der Waals surface area contributed by atoms with E-state index >= 15 is 0 Å². The Morgan fingerprint density at radius 2 is 1.91 bits per heavy atom. The summed E-state index contributed by atoms with van der Waals surface area (Å²) < 4.78 is 0. The molecule has 1 atom stereocenters. The van der Waals surface area contributed by atoms with E-state index in [1.807, 2.05) is 17.0 Å². The van der Waals surface area contributed by atoms with Crippen LogP contribution in [0.5, 0.6) is 0 Å². The number of piperazine rings is 1. The summed E-state index contributed by atoms with van der Waals surface area (Å²) in [7, 11) is 2.07. The minimum Gasteiger partial charge on any atom is -0.339 e. The normalized spacial score (nSPS) is 22.7. The maximum atomic E-state index is 12.6. The van der Waals surface area contributed by atoms with Gasteiger partial charge in [0.05, 0.1) is 5.75 Å². The van der Waals surface area contributed by atoms with Gasteiger partial charge in [-0.25, -0.2) is 0 Å².